The van der Waals surface area contributed by atoms with Gasteiger partial charge in [-0.15, -0.1) is 0 Å². The molecule has 0 unspecified atom stereocenters. The van der Waals surface area contributed by atoms with Crippen LogP contribution in [0.15, 0.2) is 41.4 Å². The standard InChI is InChI=1S/C23H29N3O6S/c1-4-32-23(29)17-6-5-11-26(14-17)21-20(12-18(13-24-21)22(27)28)25-33(30,31)19-9-7-16(8-10-19)15(2)3/h7-10,12-13,15,17,25H,4-6,11,14H2,1-3H3,(H,27,28)/t17-/m0/s1. The maximum atomic E-state index is 13.1. The lowest BCUT2D eigenvalue weighted by Crippen LogP contribution is -2.40. The normalized spacial score (nSPS) is 16.5. The first-order valence-corrected chi connectivity index (χ1v) is 12.4. The number of benzene rings is 1. The molecule has 1 aliphatic heterocycles. The summed E-state index contributed by atoms with van der Waals surface area (Å²) in [5.74, 6) is -1.37. The minimum atomic E-state index is -4.00. The molecule has 0 bridgehead atoms. The fourth-order valence-electron chi connectivity index (χ4n) is 3.76. The van der Waals surface area contributed by atoms with E-state index >= 15 is 0 Å². The molecule has 2 N–H and O–H groups in total. The molecule has 10 heteroatoms. The predicted octanol–water partition coefficient (Wildman–Crippen LogP) is 3.48. The molecule has 33 heavy (non-hydrogen) atoms. The molecular weight excluding hydrogens is 446 g/mol. The minimum absolute atomic E-state index is 0.0485. The van der Waals surface area contributed by atoms with Crippen molar-refractivity contribution < 1.29 is 27.9 Å². The molecule has 0 amide bonds. The molecule has 1 aliphatic rings. The molecule has 1 aromatic carbocycles. The lowest BCUT2D eigenvalue weighted by atomic mass is 9.98. The molecule has 1 aromatic heterocycles. The molecule has 9 nitrogen and oxygen atoms in total. The molecule has 0 aliphatic carbocycles. The Morgan fingerprint density at radius 2 is 1.97 bits per heavy atom. The number of pyridine rings is 1. The van der Waals surface area contributed by atoms with Crippen LogP contribution in [0.4, 0.5) is 11.5 Å². The van der Waals surface area contributed by atoms with Crippen molar-refractivity contribution in [3.05, 3.63) is 47.7 Å². The van der Waals surface area contributed by atoms with E-state index in [0.29, 0.717) is 25.9 Å². The van der Waals surface area contributed by atoms with E-state index in [1.165, 1.54) is 24.4 Å². The highest BCUT2D eigenvalue weighted by molar-refractivity contribution is 7.92. The van der Waals surface area contributed by atoms with E-state index in [1.807, 2.05) is 13.8 Å². The topological polar surface area (TPSA) is 126 Å². The number of aromatic carboxylic acids is 1. The summed E-state index contributed by atoms with van der Waals surface area (Å²) >= 11 is 0. The zero-order chi connectivity index (χ0) is 24.2. The average Bonchev–Trinajstić information content (AvgIpc) is 2.79. The molecule has 0 radical (unpaired) electrons. The molecule has 3 rings (SSSR count). The van der Waals surface area contributed by atoms with E-state index in [2.05, 4.69) is 9.71 Å². The van der Waals surface area contributed by atoms with Crippen LogP contribution in [0.1, 0.15) is 55.5 Å². The van der Waals surface area contributed by atoms with Crippen LogP contribution in [-0.2, 0) is 19.6 Å². The Hall–Kier alpha value is -3.14. The summed E-state index contributed by atoms with van der Waals surface area (Å²) in [5, 5.41) is 9.39. The maximum absolute atomic E-state index is 13.1. The Balaban J connectivity index is 1.94. The number of carbonyl (C=O) groups is 2. The number of hydrogen-bond donors (Lipinski definition) is 2. The van der Waals surface area contributed by atoms with Crippen LogP contribution in [0.25, 0.3) is 0 Å². The Morgan fingerprint density at radius 1 is 1.27 bits per heavy atom. The Kier molecular flexibility index (Phi) is 7.57. The zero-order valence-corrected chi connectivity index (χ0v) is 19.8. The van der Waals surface area contributed by atoms with Gasteiger partial charge in [-0.25, -0.2) is 18.2 Å². The summed E-state index contributed by atoms with van der Waals surface area (Å²) in [6.07, 6.45) is 2.53. The van der Waals surface area contributed by atoms with Crippen molar-refractivity contribution >= 4 is 33.5 Å². The number of rotatable bonds is 8. The van der Waals surface area contributed by atoms with Crippen molar-refractivity contribution in [1.29, 1.82) is 0 Å². The van der Waals surface area contributed by atoms with Crippen LogP contribution >= 0.6 is 0 Å². The monoisotopic (exact) mass is 475 g/mol. The van der Waals surface area contributed by atoms with Gasteiger partial charge >= 0.3 is 11.9 Å². The largest absolute Gasteiger partial charge is 0.478 e. The second-order valence-corrected chi connectivity index (χ2v) is 9.95. The number of carboxylic acid groups (broad SMARTS) is 1. The summed E-state index contributed by atoms with van der Waals surface area (Å²) < 4.78 is 33.8. The van der Waals surface area contributed by atoms with Gasteiger partial charge in [-0.1, -0.05) is 26.0 Å². The third kappa shape index (κ3) is 5.81. The van der Waals surface area contributed by atoms with Gasteiger partial charge < -0.3 is 14.7 Å². The third-order valence-electron chi connectivity index (χ3n) is 5.56. The summed E-state index contributed by atoms with van der Waals surface area (Å²) in [6.45, 7) is 6.90. The van der Waals surface area contributed by atoms with E-state index in [4.69, 9.17) is 4.74 Å². The van der Waals surface area contributed by atoms with Gasteiger partial charge in [0, 0.05) is 19.3 Å². The first kappa shape index (κ1) is 24.5. The third-order valence-corrected chi connectivity index (χ3v) is 6.94. The second-order valence-electron chi connectivity index (χ2n) is 8.27. The van der Waals surface area contributed by atoms with Crippen molar-refractivity contribution in [2.75, 3.05) is 29.3 Å². The molecule has 2 heterocycles. The highest BCUT2D eigenvalue weighted by Crippen LogP contribution is 2.31. The van der Waals surface area contributed by atoms with Crippen molar-refractivity contribution in [1.82, 2.24) is 4.98 Å². The Bertz CT molecular complexity index is 1120. The van der Waals surface area contributed by atoms with Crippen molar-refractivity contribution in [3.8, 4) is 0 Å². The Morgan fingerprint density at radius 3 is 2.58 bits per heavy atom. The van der Waals surface area contributed by atoms with Gasteiger partial charge in [0.2, 0.25) is 0 Å². The fraction of sp³-hybridized carbons (Fsp3) is 0.435. The molecule has 1 fully saturated rings. The molecule has 0 saturated carbocycles. The average molecular weight is 476 g/mol. The van der Waals surface area contributed by atoms with Crippen LogP contribution in [-0.4, -0.2) is 50.1 Å². The van der Waals surface area contributed by atoms with Crippen LogP contribution in [0.5, 0.6) is 0 Å². The number of esters is 1. The number of piperidine rings is 1. The first-order chi connectivity index (χ1) is 15.6. The summed E-state index contributed by atoms with van der Waals surface area (Å²) in [7, 11) is -4.00. The van der Waals surface area contributed by atoms with Gasteiger partial charge in [-0.2, -0.15) is 0 Å². The maximum Gasteiger partial charge on any atom is 0.337 e. The summed E-state index contributed by atoms with van der Waals surface area (Å²) in [4.78, 5) is 29.8. The number of anilines is 2. The number of nitrogens with one attached hydrogen (secondary N) is 1. The van der Waals surface area contributed by atoms with E-state index in [-0.39, 0.29) is 46.4 Å². The predicted molar refractivity (Wildman–Crippen MR) is 124 cm³/mol. The smallest absolute Gasteiger partial charge is 0.337 e. The number of aromatic nitrogens is 1. The number of sulfonamides is 1. The molecule has 0 spiro atoms. The van der Waals surface area contributed by atoms with Gasteiger partial charge in [0.25, 0.3) is 10.0 Å². The number of ether oxygens (including phenoxy) is 1. The van der Waals surface area contributed by atoms with E-state index < -0.39 is 16.0 Å². The number of hydrogen-bond acceptors (Lipinski definition) is 7. The number of nitrogens with zero attached hydrogens (tertiary/aromatic N) is 2. The highest BCUT2D eigenvalue weighted by atomic mass is 32.2. The van der Waals surface area contributed by atoms with Gasteiger partial charge in [0.05, 0.1) is 28.7 Å². The van der Waals surface area contributed by atoms with Crippen molar-refractivity contribution in [2.45, 2.75) is 44.4 Å². The highest BCUT2D eigenvalue weighted by Gasteiger charge is 2.30. The summed E-state index contributed by atoms with van der Waals surface area (Å²) in [5.41, 5.74) is 0.903. The lowest BCUT2D eigenvalue weighted by Gasteiger charge is -2.33. The van der Waals surface area contributed by atoms with Crippen molar-refractivity contribution in [2.24, 2.45) is 5.92 Å². The zero-order valence-electron chi connectivity index (χ0n) is 18.9. The molecule has 1 saturated heterocycles. The van der Waals surface area contributed by atoms with Crippen molar-refractivity contribution in [3.63, 3.8) is 0 Å². The molecular formula is C23H29N3O6S. The van der Waals surface area contributed by atoms with Crippen LogP contribution < -0.4 is 9.62 Å². The number of carbonyl (C=O) groups excluding carboxylic acids is 1. The van der Waals surface area contributed by atoms with Gasteiger partial charge in [0.1, 0.15) is 0 Å². The van der Waals surface area contributed by atoms with E-state index in [1.54, 1.807) is 24.0 Å². The number of carboxylic acids is 1. The minimum Gasteiger partial charge on any atom is -0.478 e. The Labute approximate surface area is 193 Å². The summed E-state index contributed by atoms with van der Waals surface area (Å²) in [6, 6.07) is 7.78. The molecule has 1 atom stereocenters. The van der Waals surface area contributed by atoms with E-state index in [9.17, 15) is 23.1 Å². The van der Waals surface area contributed by atoms with Gasteiger partial charge in [0.15, 0.2) is 5.82 Å². The van der Waals surface area contributed by atoms with Crippen LogP contribution in [0, 0.1) is 5.92 Å². The van der Waals surface area contributed by atoms with E-state index in [0.717, 1.165) is 5.56 Å². The fourth-order valence-corrected chi connectivity index (χ4v) is 4.81. The second kappa shape index (κ2) is 10.2. The van der Waals surface area contributed by atoms with Crippen LogP contribution in [0.2, 0.25) is 0 Å². The van der Waals surface area contributed by atoms with Gasteiger partial charge in [-0.3, -0.25) is 9.52 Å². The SMILES string of the molecule is CCOC(=O)[C@H]1CCCN(c2ncc(C(=O)O)cc2NS(=O)(=O)c2ccc(C(C)C)cc2)C1. The van der Waals surface area contributed by atoms with Gasteiger partial charge in [-0.05, 0) is 49.4 Å². The van der Waals surface area contributed by atoms with Crippen LogP contribution in [0.3, 0.4) is 0 Å². The molecule has 178 valence electrons. The lowest BCUT2D eigenvalue weighted by molar-refractivity contribution is -0.148. The quantitative estimate of drug-likeness (QED) is 0.556. The molecule has 2 aromatic rings. The first-order valence-electron chi connectivity index (χ1n) is 10.9.